The molecule has 0 heterocycles. The molecule has 17 saturated carbocycles. The Bertz CT molecular complexity index is 2660. The monoisotopic (exact) mass is 1590 g/mol. The summed E-state index contributed by atoms with van der Waals surface area (Å²) in [4.78, 5) is 82.4. The molecular weight excluding hydrogens is 1430 g/mol. The molecular formula is C96H162N6O12. The second-order valence-electron chi connectivity index (χ2n) is 42.2. The maximum absolute atomic E-state index is 14.2. The fourth-order valence-corrected chi connectivity index (χ4v) is 28.9. The first-order chi connectivity index (χ1) is 55.4. The van der Waals surface area contributed by atoms with Crippen molar-refractivity contribution in [2.45, 2.75) is 473 Å². The van der Waals surface area contributed by atoms with Crippen LogP contribution >= 0.6 is 0 Å². The number of carbonyl (C=O) groups excluding carboxylic acids is 6. The topological polar surface area (TPSA) is 243 Å². The molecule has 3 unspecified atom stereocenters. The number of amides is 6. The van der Waals surface area contributed by atoms with E-state index in [1.165, 1.54) is 180 Å². The van der Waals surface area contributed by atoms with E-state index in [1.54, 1.807) is 0 Å². The SMILES string of the molecule is O=C(C(C1CCCCC1)C1CCCCC1)N(O)C1CCCC[C@H]1N(O)C(=O)C(C1CCCCC1)C1CCCCC1.O=C(C1CCCCCCCCCCC1)N(O)C1CCCC[C@H]1N(O)C(=O)C1CCCCCCCCCCC1.O=C(CC12CC3CC(CC(C3)C1)C2)N(O)C1CCCC[C@H]1N(O)C(=O)CC12CC3CC(CC(C3)C1)C2. The minimum atomic E-state index is -0.516. The van der Waals surface area contributed by atoms with Gasteiger partial charge in [-0.3, -0.25) is 60.0 Å². The summed E-state index contributed by atoms with van der Waals surface area (Å²) in [5, 5.41) is 74.1. The highest BCUT2D eigenvalue weighted by Crippen LogP contribution is 2.63. The Balaban J connectivity index is 0.000000149. The third-order valence-corrected chi connectivity index (χ3v) is 33.9. The summed E-state index contributed by atoms with van der Waals surface area (Å²) in [6.45, 7) is 0. The quantitative estimate of drug-likeness (QED) is 0.0555. The summed E-state index contributed by atoms with van der Waals surface area (Å²) in [5.74, 6) is 4.53. The maximum Gasteiger partial charge on any atom is 0.249 e. The van der Waals surface area contributed by atoms with Gasteiger partial charge in [-0.05, 0) is 263 Å². The van der Waals surface area contributed by atoms with Crippen LogP contribution in [0.1, 0.15) is 437 Å². The highest BCUT2D eigenvalue weighted by Gasteiger charge is 2.56. The molecule has 18 heteroatoms. The fraction of sp³-hybridized carbons (Fsp3) is 0.938. The molecule has 17 aliphatic rings. The molecule has 0 radical (unpaired) electrons. The molecule has 17 aliphatic carbocycles. The van der Waals surface area contributed by atoms with E-state index in [9.17, 15) is 60.0 Å². The Kier molecular flexibility index (Phi) is 33.6. The van der Waals surface area contributed by atoms with E-state index in [2.05, 4.69) is 0 Å². The largest absolute Gasteiger partial charge is 0.286 e. The van der Waals surface area contributed by atoms with Crippen LogP contribution in [0.25, 0.3) is 0 Å². The average Bonchev–Trinajstić information content (AvgIpc) is 0.751. The molecule has 17 rings (SSSR count). The van der Waals surface area contributed by atoms with E-state index >= 15 is 0 Å². The average molecular weight is 1590 g/mol. The number of hydroxylamine groups is 12. The van der Waals surface area contributed by atoms with Gasteiger partial charge in [0.2, 0.25) is 35.4 Å². The molecule has 114 heavy (non-hydrogen) atoms. The fourth-order valence-electron chi connectivity index (χ4n) is 28.9. The Hall–Kier alpha value is -3.42. The predicted octanol–water partition coefficient (Wildman–Crippen LogP) is 22.8. The van der Waals surface area contributed by atoms with Gasteiger partial charge in [0, 0.05) is 36.5 Å². The lowest BCUT2D eigenvalue weighted by Gasteiger charge is -2.57. The van der Waals surface area contributed by atoms with Gasteiger partial charge < -0.3 is 0 Å². The highest BCUT2D eigenvalue weighted by atomic mass is 16.5. The van der Waals surface area contributed by atoms with E-state index in [4.69, 9.17) is 0 Å². The molecule has 8 bridgehead atoms. The van der Waals surface area contributed by atoms with Gasteiger partial charge in [0.15, 0.2) is 0 Å². The molecule has 0 aromatic carbocycles. The number of carbonyl (C=O) groups is 6. The molecule has 0 aliphatic heterocycles. The second-order valence-corrected chi connectivity index (χ2v) is 42.2. The number of hydrogen-bond donors (Lipinski definition) is 6. The van der Waals surface area contributed by atoms with E-state index in [0.717, 1.165) is 271 Å². The van der Waals surface area contributed by atoms with Crippen molar-refractivity contribution < 1.29 is 60.0 Å². The van der Waals surface area contributed by atoms with Crippen LogP contribution in [0.5, 0.6) is 0 Å². The lowest BCUT2D eigenvalue weighted by atomic mass is 9.49. The summed E-state index contributed by atoms with van der Waals surface area (Å²) in [7, 11) is 0. The van der Waals surface area contributed by atoms with Crippen LogP contribution in [-0.2, 0) is 28.8 Å². The van der Waals surface area contributed by atoms with Gasteiger partial charge in [-0.1, -0.05) is 231 Å². The Morgan fingerprint density at radius 2 is 0.404 bits per heavy atom. The molecule has 6 N–H and O–H groups in total. The standard InChI is InChI=1S/C34H58N2O4.C32H58N2O4.C30H46N2O4/c37-33(31(25-15-5-1-6-16-25)26-17-7-2-8-18-26)35(39)29-23-13-14-24-30(29)36(40)34(38)32(27-19-9-3-10-20-27)28-21-11-4-12-22-28;35-31(27-21-15-11-7-3-1-4-8-12-16-22-27)33(37)29-25-19-20-26-30(29)34(38)32(36)28-23-17-13-9-5-2-6-10-14-18-24-28;33-27(17-29-11-19-5-20(12-29)7-21(6-19)13-29)31(35)25-3-1-2-4-26(25)32(36)28(34)18-30-14-22-8-23(15-30)10-24(9-22)16-30/h25-32,39-40H,1-24H2;27-30,37-38H,1-26H2;19-26,35-36H,1-18H2/t2*29-,30?;19?,20?,21?,22?,23?,24?,25-,26?,29?,30?/m111/s1. The molecule has 0 aromatic heterocycles. The molecule has 18 nitrogen and oxygen atoms in total. The van der Waals surface area contributed by atoms with Crippen molar-refractivity contribution in [1.82, 2.24) is 30.4 Å². The van der Waals surface area contributed by atoms with Gasteiger partial charge in [0.1, 0.15) is 0 Å². The molecule has 17 fully saturated rings. The van der Waals surface area contributed by atoms with Crippen LogP contribution in [0, 0.1) is 93.7 Å². The molecule has 0 saturated heterocycles. The number of nitrogens with zero attached hydrogens (tertiary/aromatic N) is 6. The lowest BCUT2D eigenvalue weighted by molar-refractivity contribution is -0.221. The maximum atomic E-state index is 14.2. The van der Waals surface area contributed by atoms with Gasteiger partial charge >= 0.3 is 0 Å². The van der Waals surface area contributed by atoms with Crippen LogP contribution in [0.3, 0.4) is 0 Å². The molecule has 648 valence electrons. The minimum absolute atomic E-state index is 0.0736. The zero-order valence-corrected chi connectivity index (χ0v) is 71.4. The van der Waals surface area contributed by atoms with Crippen molar-refractivity contribution in [3.63, 3.8) is 0 Å². The summed E-state index contributed by atoms with van der Waals surface area (Å²) in [6.07, 6.45) is 73.0. The Morgan fingerprint density at radius 3 is 0.632 bits per heavy atom. The van der Waals surface area contributed by atoms with E-state index in [-0.39, 0.29) is 69.9 Å². The van der Waals surface area contributed by atoms with Crippen LogP contribution in [0.4, 0.5) is 0 Å². The van der Waals surface area contributed by atoms with Crippen LogP contribution in [-0.4, -0.2) is 133 Å². The summed E-state index contributed by atoms with van der Waals surface area (Å²) in [6, 6.07) is -3.04. The van der Waals surface area contributed by atoms with Crippen molar-refractivity contribution in [2.75, 3.05) is 0 Å². The van der Waals surface area contributed by atoms with E-state index in [1.807, 2.05) is 0 Å². The minimum Gasteiger partial charge on any atom is -0.286 e. The third kappa shape index (κ3) is 23.0. The normalized spacial score (nSPS) is 34.3. The summed E-state index contributed by atoms with van der Waals surface area (Å²) >= 11 is 0. The molecule has 0 spiro atoms. The Morgan fingerprint density at radius 1 is 0.228 bits per heavy atom. The first-order valence-corrected chi connectivity index (χ1v) is 49.5. The van der Waals surface area contributed by atoms with Crippen molar-refractivity contribution in [3.8, 4) is 0 Å². The second kappa shape index (κ2) is 43.4. The summed E-state index contributed by atoms with van der Waals surface area (Å²) < 4.78 is 0. The summed E-state index contributed by atoms with van der Waals surface area (Å²) in [5.41, 5.74) is 0.147. The van der Waals surface area contributed by atoms with Gasteiger partial charge in [-0.15, -0.1) is 0 Å². The van der Waals surface area contributed by atoms with Gasteiger partial charge in [-0.25, -0.2) is 30.4 Å². The van der Waals surface area contributed by atoms with Crippen molar-refractivity contribution >= 4 is 35.4 Å². The van der Waals surface area contributed by atoms with Crippen molar-refractivity contribution in [2.24, 2.45) is 93.7 Å². The van der Waals surface area contributed by atoms with Gasteiger partial charge in [0.25, 0.3) is 0 Å². The van der Waals surface area contributed by atoms with Crippen molar-refractivity contribution in [3.05, 3.63) is 0 Å². The van der Waals surface area contributed by atoms with E-state index < -0.39 is 36.3 Å². The molecule has 0 aromatic rings. The van der Waals surface area contributed by atoms with Crippen LogP contribution < -0.4 is 0 Å². The van der Waals surface area contributed by atoms with Crippen LogP contribution in [0.2, 0.25) is 0 Å². The smallest absolute Gasteiger partial charge is 0.249 e. The third-order valence-electron chi connectivity index (χ3n) is 33.9. The van der Waals surface area contributed by atoms with Gasteiger partial charge in [-0.2, -0.15) is 0 Å². The number of hydrogen-bond acceptors (Lipinski definition) is 12. The zero-order chi connectivity index (χ0) is 79.6. The zero-order valence-electron chi connectivity index (χ0n) is 71.4. The number of rotatable bonds is 18. The first-order valence-electron chi connectivity index (χ1n) is 49.5. The molecule has 6 atom stereocenters. The lowest BCUT2D eigenvalue weighted by Crippen LogP contribution is -2.58. The highest BCUT2D eigenvalue weighted by molar-refractivity contribution is 5.81. The van der Waals surface area contributed by atoms with Crippen LogP contribution in [0.15, 0.2) is 0 Å². The van der Waals surface area contributed by atoms with Gasteiger partial charge in [0.05, 0.1) is 36.3 Å². The Labute approximate surface area is 688 Å². The molecule has 6 amide bonds. The van der Waals surface area contributed by atoms with Crippen molar-refractivity contribution in [1.29, 1.82) is 0 Å². The van der Waals surface area contributed by atoms with E-state index in [0.29, 0.717) is 75.0 Å². The first kappa shape index (κ1) is 88.4. The predicted molar refractivity (Wildman–Crippen MR) is 442 cm³/mol.